The molecule has 1 aromatic heterocycles. The molecular formula is C22H23Cl2N3O3S. The first kappa shape index (κ1) is 22.1. The van der Waals surface area contributed by atoms with Crippen LogP contribution in [0.1, 0.15) is 12.5 Å². The van der Waals surface area contributed by atoms with E-state index in [1.807, 2.05) is 18.2 Å². The van der Waals surface area contributed by atoms with Gasteiger partial charge in [-0.3, -0.25) is 9.69 Å². The highest BCUT2D eigenvalue weighted by Gasteiger charge is 2.25. The van der Waals surface area contributed by atoms with Crippen molar-refractivity contribution in [1.29, 1.82) is 0 Å². The van der Waals surface area contributed by atoms with Crippen molar-refractivity contribution in [3.63, 3.8) is 0 Å². The predicted octanol–water partition coefficient (Wildman–Crippen LogP) is 4.82. The number of carboxylic acid groups (broad SMARTS) is 1. The molecule has 6 nitrogen and oxygen atoms in total. The third-order valence-electron chi connectivity index (χ3n) is 5.36. The number of thiazole rings is 1. The molecule has 1 N–H and O–H groups in total. The number of anilines is 1. The molecule has 0 aliphatic carbocycles. The molecule has 0 saturated carbocycles. The van der Waals surface area contributed by atoms with Crippen LogP contribution in [0.2, 0.25) is 10.0 Å². The Morgan fingerprint density at radius 1 is 1.26 bits per heavy atom. The van der Waals surface area contributed by atoms with Gasteiger partial charge in [0.1, 0.15) is 12.4 Å². The van der Waals surface area contributed by atoms with E-state index >= 15 is 0 Å². The van der Waals surface area contributed by atoms with Crippen LogP contribution in [0.5, 0.6) is 5.75 Å². The van der Waals surface area contributed by atoms with E-state index in [9.17, 15) is 4.79 Å². The number of carboxylic acids is 1. The lowest BCUT2D eigenvalue weighted by Gasteiger charge is -2.39. The second-order valence-electron chi connectivity index (χ2n) is 7.62. The maximum Gasteiger partial charge on any atom is 0.307 e. The van der Waals surface area contributed by atoms with E-state index in [2.05, 4.69) is 16.7 Å². The number of piperazine rings is 1. The average molecular weight is 480 g/mol. The SMILES string of the molecule is C[C@H]1CN(c2nc3ccc(Cl)cc3s2)CCN1CCOc1cc(CC(=O)O)ccc1Cl. The average Bonchev–Trinajstić information content (AvgIpc) is 3.14. The van der Waals surface area contributed by atoms with Crippen LogP contribution in [0.25, 0.3) is 10.2 Å². The zero-order chi connectivity index (χ0) is 22.0. The Balaban J connectivity index is 1.32. The number of benzene rings is 2. The number of aromatic nitrogens is 1. The Bertz CT molecular complexity index is 1090. The van der Waals surface area contributed by atoms with Crippen molar-refractivity contribution >= 4 is 55.9 Å². The van der Waals surface area contributed by atoms with Crippen molar-refractivity contribution in [2.24, 2.45) is 0 Å². The highest BCUT2D eigenvalue weighted by molar-refractivity contribution is 7.22. The fourth-order valence-electron chi connectivity index (χ4n) is 3.74. The minimum atomic E-state index is -0.879. The molecule has 1 saturated heterocycles. The van der Waals surface area contributed by atoms with Gasteiger partial charge in [0.05, 0.1) is 21.7 Å². The zero-order valence-corrected chi connectivity index (χ0v) is 19.4. The molecule has 0 radical (unpaired) electrons. The molecule has 1 fully saturated rings. The summed E-state index contributed by atoms with van der Waals surface area (Å²) in [6, 6.07) is 11.2. The van der Waals surface area contributed by atoms with E-state index in [1.165, 1.54) is 0 Å². The van der Waals surface area contributed by atoms with Crippen molar-refractivity contribution < 1.29 is 14.6 Å². The first-order valence-corrected chi connectivity index (χ1v) is 11.6. The summed E-state index contributed by atoms with van der Waals surface area (Å²) in [5.74, 6) is -0.351. The van der Waals surface area contributed by atoms with Gasteiger partial charge in [0.25, 0.3) is 0 Å². The molecule has 1 aliphatic heterocycles. The van der Waals surface area contributed by atoms with Crippen molar-refractivity contribution in [2.45, 2.75) is 19.4 Å². The summed E-state index contributed by atoms with van der Waals surface area (Å²) in [5.41, 5.74) is 1.65. The molecule has 0 bridgehead atoms. The lowest BCUT2D eigenvalue weighted by Crippen LogP contribution is -2.52. The van der Waals surface area contributed by atoms with Gasteiger partial charge >= 0.3 is 5.97 Å². The summed E-state index contributed by atoms with van der Waals surface area (Å²) in [6.45, 7) is 6.16. The van der Waals surface area contributed by atoms with Crippen molar-refractivity contribution in [3.05, 3.63) is 52.0 Å². The molecule has 0 unspecified atom stereocenters. The number of fused-ring (bicyclic) bond motifs is 1. The Hall–Kier alpha value is -2.06. The summed E-state index contributed by atoms with van der Waals surface area (Å²) in [5, 5.41) is 11.2. The van der Waals surface area contributed by atoms with Crippen LogP contribution in [0.4, 0.5) is 5.13 Å². The largest absolute Gasteiger partial charge is 0.491 e. The molecule has 1 atom stereocenters. The molecule has 3 aromatic rings. The second-order valence-corrected chi connectivity index (χ2v) is 9.48. The number of hydrogen-bond donors (Lipinski definition) is 1. The topological polar surface area (TPSA) is 65.9 Å². The quantitative estimate of drug-likeness (QED) is 0.523. The number of hydrogen-bond acceptors (Lipinski definition) is 6. The van der Waals surface area contributed by atoms with Crippen LogP contribution in [-0.4, -0.2) is 59.8 Å². The van der Waals surface area contributed by atoms with Crippen LogP contribution < -0.4 is 9.64 Å². The van der Waals surface area contributed by atoms with E-state index in [-0.39, 0.29) is 6.42 Å². The summed E-state index contributed by atoms with van der Waals surface area (Å²) in [7, 11) is 0. The highest BCUT2D eigenvalue weighted by atomic mass is 35.5. The first-order chi connectivity index (χ1) is 14.9. The number of halogens is 2. The van der Waals surface area contributed by atoms with Crippen molar-refractivity contribution in [2.75, 3.05) is 37.7 Å². The van der Waals surface area contributed by atoms with Gasteiger partial charge in [0.2, 0.25) is 0 Å². The summed E-state index contributed by atoms with van der Waals surface area (Å²) < 4.78 is 6.97. The van der Waals surface area contributed by atoms with Crippen LogP contribution in [-0.2, 0) is 11.2 Å². The molecule has 1 aliphatic rings. The van der Waals surface area contributed by atoms with Crippen LogP contribution in [0.15, 0.2) is 36.4 Å². The van der Waals surface area contributed by atoms with E-state index in [1.54, 1.807) is 29.5 Å². The van der Waals surface area contributed by atoms with Gasteiger partial charge in [0, 0.05) is 37.2 Å². The number of aliphatic carboxylic acids is 1. The number of nitrogens with zero attached hydrogens (tertiary/aromatic N) is 3. The zero-order valence-electron chi connectivity index (χ0n) is 17.1. The van der Waals surface area contributed by atoms with Gasteiger partial charge in [-0.1, -0.05) is 40.6 Å². The lowest BCUT2D eigenvalue weighted by atomic mass is 10.1. The number of carbonyl (C=O) groups is 1. The second kappa shape index (κ2) is 9.61. The highest BCUT2D eigenvalue weighted by Crippen LogP contribution is 2.32. The molecule has 2 aromatic carbocycles. The van der Waals surface area contributed by atoms with Crippen LogP contribution in [0.3, 0.4) is 0 Å². The van der Waals surface area contributed by atoms with E-state index in [4.69, 9.17) is 38.0 Å². The lowest BCUT2D eigenvalue weighted by molar-refractivity contribution is -0.136. The first-order valence-electron chi connectivity index (χ1n) is 10.1. The minimum Gasteiger partial charge on any atom is -0.491 e. The standard InChI is InChI=1S/C22H23Cl2N3O3S/c1-14-13-27(22-25-18-5-3-16(23)12-20(18)31-22)7-6-26(14)8-9-30-19-10-15(11-21(28)29)2-4-17(19)24/h2-5,10,12,14H,6-9,11,13H2,1H3,(H,28,29)/t14-/m0/s1. The smallest absolute Gasteiger partial charge is 0.307 e. The fraction of sp³-hybridized carbons (Fsp3) is 0.364. The summed E-state index contributed by atoms with van der Waals surface area (Å²) >= 11 is 14.0. The Morgan fingerprint density at radius 2 is 2.10 bits per heavy atom. The third-order valence-corrected chi connectivity index (χ3v) is 6.99. The molecule has 4 rings (SSSR count). The minimum absolute atomic E-state index is 0.0511. The van der Waals surface area contributed by atoms with Gasteiger partial charge in [-0.15, -0.1) is 0 Å². The van der Waals surface area contributed by atoms with Crippen LogP contribution in [0, 0.1) is 0 Å². The molecular weight excluding hydrogens is 457 g/mol. The molecule has 164 valence electrons. The maximum absolute atomic E-state index is 10.9. The number of ether oxygens (including phenoxy) is 1. The molecule has 31 heavy (non-hydrogen) atoms. The molecule has 2 heterocycles. The van der Waals surface area contributed by atoms with E-state index in [0.717, 1.165) is 46.5 Å². The number of rotatable bonds is 7. The van der Waals surface area contributed by atoms with E-state index < -0.39 is 5.97 Å². The van der Waals surface area contributed by atoms with Gasteiger partial charge in [-0.05, 0) is 42.8 Å². The van der Waals surface area contributed by atoms with Gasteiger partial charge in [0.15, 0.2) is 5.13 Å². The summed E-state index contributed by atoms with van der Waals surface area (Å²) in [4.78, 5) is 20.4. The Kier molecular flexibility index (Phi) is 6.86. The Labute approximate surface area is 195 Å². The maximum atomic E-state index is 10.9. The van der Waals surface area contributed by atoms with E-state index in [0.29, 0.717) is 29.0 Å². The van der Waals surface area contributed by atoms with Gasteiger partial charge in [-0.25, -0.2) is 4.98 Å². The third kappa shape index (κ3) is 5.41. The monoisotopic (exact) mass is 479 g/mol. The molecule has 0 amide bonds. The Morgan fingerprint density at radius 3 is 2.87 bits per heavy atom. The van der Waals surface area contributed by atoms with Gasteiger partial charge in [-0.2, -0.15) is 0 Å². The van der Waals surface area contributed by atoms with Gasteiger partial charge < -0.3 is 14.7 Å². The fourth-order valence-corrected chi connectivity index (χ4v) is 5.19. The predicted molar refractivity (Wildman–Crippen MR) is 126 cm³/mol. The van der Waals surface area contributed by atoms with Crippen molar-refractivity contribution in [1.82, 2.24) is 9.88 Å². The summed E-state index contributed by atoms with van der Waals surface area (Å²) in [6.07, 6.45) is -0.0511. The molecule has 9 heteroatoms. The van der Waals surface area contributed by atoms with Crippen LogP contribution >= 0.6 is 34.5 Å². The van der Waals surface area contributed by atoms with Crippen molar-refractivity contribution in [3.8, 4) is 5.75 Å². The molecule has 0 spiro atoms. The normalized spacial score (nSPS) is 17.3.